The first-order valence-corrected chi connectivity index (χ1v) is 9.98. The minimum atomic E-state index is -0.297. The quantitative estimate of drug-likeness (QED) is 0.698. The van der Waals surface area contributed by atoms with Crippen LogP contribution in [-0.4, -0.2) is 43.3 Å². The number of rotatable bonds is 4. The molecule has 7 nitrogen and oxygen atoms in total. The van der Waals surface area contributed by atoms with E-state index >= 15 is 0 Å². The molecule has 3 aromatic rings. The lowest BCUT2D eigenvalue weighted by Crippen LogP contribution is -2.38. The maximum absolute atomic E-state index is 12.8. The summed E-state index contributed by atoms with van der Waals surface area (Å²) in [5.41, 5.74) is 3.05. The molecule has 0 atom stereocenters. The van der Waals surface area contributed by atoms with Crippen molar-refractivity contribution in [1.29, 1.82) is 0 Å². The number of nitrogens with zero attached hydrogens (tertiary/aromatic N) is 5. The highest BCUT2D eigenvalue weighted by Gasteiger charge is 2.18. The SMILES string of the molecule is CCc1ccc(-c2cc3c(=O)n(CC(=O)N4CCCCCC4)ncn3n2)cc1. The molecule has 1 aliphatic rings. The second-order valence-corrected chi connectivity index (χ2v) is 7.30. The van der Waals surface area contributed by atoms with E-state index in [9.17, 15) is 9.59 Å². The molecular weight excluding hydrogens is 354 g/mol. The molecule has 2 aromatic heterocycles. The number of aromatic nitrogens is 4. The third kappa shape index (κ3) is 3.69. The Morgan fingerprint density at radius 2 is 1.79 bits per heavy atom. The number of benzene rings is 1. The molecule has 0 unspecified atom stereocenters. The molecule has 0 saturated carbocycles. The minimum Gasteiger partial charge on any atom is -0.341 e. The van der Waals surface area contributed by atoms with Crippen LogP contribution in [0.5, 0.6) is 0 Å². The van der Waals surface area contributed by atoms with E-state index in [-0.39, 0.29) is 18.0 Å². The van der Waals surface area contributed by atoms with Crippen molar-refractivity contribution in [3.63, 3.8) is 0 Å². The van der Waals surface area contributed by atoms with E-state index in [2.05, 4.69) is 29.3 Å². The van der Waals surface area contributed by atoms with Gasteiger partial charge in [0.1, 0.15) is 18.4 Å². The molecule has 3 heterocycles. The predicted molar refractivity (Wildman–Crippen MR) is 107 cm³/mol. The van der Waals surface area contributed by atoms with Crippen molar-refractivity contribution >= 4 is 11.4 Å². The fourth-order valence-corrected chi connectivity index (χ4v) is 3.65. The predicted octanol–water partition coefficient (Wildman–Crippen LogP) is 2.52. The average molecular weight is 379 g/mol. The Hall–Kier alpha value is -2.96. The van der Waals surface area contributed by atoms with Crippen LogP contribution >= 0.6 is 0 Å². The fourth-order valence-electron chi connectivity index (χ4n) is 3.65. The lowest BCUT2D eigenvalue weighted by Gasteiger charge is -2.20. The van der Waals surface area contributed by atoms with E-state index < -0.39 is 0 Å². The molecule has 0 bridgehead atoms. The highest BCUT2D eigenvalue weighted by atomic mass is 16.2. The van der Waals surface area contributed by atoms with Crippen molar-refractivity contribution in [2.45, 2.75) is 45.6 Å². The van der Waals surface area contributed by atoms with Crippen LogP contribution in [-0.2, 0) is 17.8 Å². The number of hydrogen-bond donors (Lipinski definition) is 0. The summed E-state index contributed by atoms with van der Waals surface area (Å²) in [4.78, 5) is 27.3. The normalized spacial score (nSPS) is 15.0. The van der Waals surface area contributed by atoms with Gasteiger partial charge in [-0.3, -0.25) is 9.59 Å². The van der Waals surface area contributed by atoms with Crippen LogP contribution in [0.15, 0.2) is 41.5 Å². The van der Waals surface area contributed by atoms with Crippen LogP contribution < -0.4 is 5.56 Å². The summed E-state index contributed by atoms with van der Waals surface area (Å²) in [6.45, 7) is 3.61. The smallest absolute Gasteiger partial charge is 0.293 e. The molecule has 1 amide bonds. The number of hydrogen-bond acceptors (Lipinski definition) is 4. The van der Waals surface area contributed by atoms with Gasteiger partial charge < -0.3 is 4.90 Å². The number of aryl methyl sites for hydroxylation is 1. The summed E-state index contributed by atoms with van der Waals surface area (Å²) in [5, 5.41) is 8.62. The first-order valence-electron chi connectivity index (χ1n) is 9.98. The standard InChI is InChI=1S/C21H25N5O2/c1-2-16-7-9-17(10-8-16)18-13-19-21(28)25(22-15-26(19)23-18)14-20(27)24-11-5-3-4-6-12-24/h7-10,13,15H,2-6,11-12,14H2,1H3. The first-order chi connectivity index (χ1) is 13.7. The average Bonchev–Trinajstić information content (AvgIpc) is 2.97. The summed E-state index contributed by atoms with van der Waals surface area (Å²) >= 11 is 0. The lowest BCUT2D eigenvalue weighted by molar-refractivity contribution is -0.132. The Morgan fingerprint density at radius 3 is 2.46 bits per heavy atom. The zero-order valence-corrected chi connectivity index (χ0v) is 16.2. The summed E-state index contributed by atoms with van der Waals surface area (Å²) in [6.07, 6.45) is 6.84. The molecule has 146 valence electrons. The van der Waals surface area contributed by atoms with Gasteiger partial charge >= 0.3 is 0 Å². The minimum absolute atomic E-state index is 0.0267. The van der Waals surface area contributed by atoms with Gasteiger partial charge in [-0.2, -0.15) is 10.2 Å². The van der Waals surface area contributed by atoms with E-state index in [0.29, 0.717) is 5.52 Å². The zero-order valence-electron chi connectivity index (χ0n) is 16.2. The molecule has 0 radical (unpaired) electrons. The van der Waals surface area contributed by atoms with Crippen LogP contribution in [0, 0.1) is 0 Å². The molecule has 1 saturated heterocycles. The molecule has 1 aromatic carbocycles. The Kier molecular flexibility index (Phi) is 5.23. The lowest BCUT2D eigenvalue weighted by atomic mass is 10.1. The van der Waals surface area contributed by atoms with E-state index in [1.165, 1.54) is 21.1 Å². The van der Waals surface area contributed by atoms with Crippen molar-refractivity contribution in [2.24, 2.45) is 0 Å². The molecule has 0 aliphatic carbocycles. The largest absolute Gasteiger partial charge is 0.341 e. The molecule has 7 heteroatoms. The third-order valence-corrected chi connectivity index (χ3v) is 5.39. The molecule has 0 spiro atoms. The molecule has 1 aliphatic heterocycles. The third-order valence-electron chi connectivity index (χ3n) is 5.39. The van der Waals surface area contributed by atoms with E-state index in [0.717, 1.165) is 56.5 Å². The van der Waals surface area contributed by atoms with Crippen LogP contribution in [0.3, 0.4) is 0 Å². The number of carbonyl (C=O) groups is 1. The van der Waals surface area contributed by atoms with Crippen molar-refractivity contribution in [2.75, 3.05) is 13.1 Å². The van der Waals surface area contributed by atoms with Gasteiger partial charge in [0, 0.05) is 18.7 Å². The molecule has 1 fully saturated rings. The first kappa shape index (κ1) is 18.4. The number of amides is 1. The summed E-state index contributed by atoms with van der Waals surface area (Å²) in [6, 6.07) is 9.91. The topological polar surface area (TPSA) is 72.5 Å². The second-order valence-electron chi connectivity index (χ2n) is 7.30. The monoisotopic (exact) mass is 379 g/mol. The second kappa shape index (κ2) is 7.96. The van der Waals surface area contributed by atoms with Gasteiger partial charge in [-0.25, -0.2) is 9.20 Å². The summed E-state index contributed by atoms with van der Waals surface area (Å²) in [7, 11) is 0. The van der Waals surface area contributed by atoms with Gasteiger partial charge in [-0.1, -0.05) is 44.0 Å². The van der Waals surface area contributed by atoms with Crippen LogP contribution in [0.4, 0.5) is 0 Å². The van der Waals surface area contributed by atoms with Crippen molar-refractivity contribution in [3.8, 4) is 11.3 Å². The number of carbonyl (C=O) groups excluding carboxylic acids is 1. The number of likely N-dealkylation sites (tertiary alicyclic amines) is 1. The van der Waals surface area contributed by atoms with E-state index in [1.54, 1.807) is 6.07 Å². The van der Waals surface area contributed by atoms with Gasteiger partial charge in [-0.05, 0) is 30.9 Å². The van der Waals surface area contributed by atoms with Crippen molar-refractivity contribution in [1.82, 2.24) is 24.3 Å². The summed E-state index contributed by atoms with van der Waals surface area (Å²) < 4.78 is 2.73. The van der Waals surface area contributed by atoms with E-state index in [1.807, 2.05) is 17.0 Å². The van der Waals surface area contributed by atoms with Crippen molar-refractivity contribution < 1.29 is 4.79 Å². The Bertz CT molecular complexity index is 1030. The highest BCUT2D eigenvalue weighted by Crippen LogP contribution is 2.19. The van der Waals surface area contributed by atoms with E-state index in [4.69, 9.17) is 0 Å². The molecule has 28 heavy (non-hydrogen) atoms. The Labute approximate surface area is 163 Å². The van der Waals surface area contributed by atoms with Crippen LogP contribution in [0.1, 0.15) is 38.2 Å². The van der Waals surface area contributed by atoms with Crippen LogP contribution in [0.2, 0.25) is 0 Å². The summed E-state index contributed by atoms with van der Waals surface area (Å²) in [5.74, 6) is -0.0456. The maximum Gasteiger partial charge on any atom is 0.293 e. The van der Waals surface area contributed by atoms with Gasteiger partial charge in [0.25, 0.3) is 5.56 Å². The fraction of sp³-hybridized carbons (Fsp3) is 0.429. The molecule has 4 rings (SSSR count). The van der Waals surface area contributed by atoms with Crippen LogP contribution in [0.25, 0.3) is 16.8 Å². The maximum atomic E-state index is 12.8. The van der Waals surface area contributed by atoms with Crippen molar-refractivity contribution in [3.05, 3.63) is 52.6 Å². The van der Waals surface area contributed by atoms with Gasteiger partial charge in [0.2, 0.25) is 5.91 Å². The van der Waals surface area contributed by atoms with Gasteiger partial charge in [0.05, 0.1) is 5.69 Å². The van der Waals surface area contributed by atoms with Gasteiger partial charge in [-0.15, -0.1) is 0 Å². The Balaban J connectivity index is 1.59. The number of fused-ring (bicyclic) bond motifs is 1. The molecule has 0 N–H and O–H groups in total. The Morgan fingerprint density at radius 1 is 1.07 bits per heavy atom. The molecular formula is C21H25N5O2. The highest BCUT2D eigenvalue weighted by molar-refractivity contribution is 5.76. The van der Waals surface area contributed by atoms with Gasteiger partial charge in [0.15, 0.2) is 0 Å². The zero-order chi connectivity index (χ0) is 19.5.